The molecule has 0 unspecified atom stereocenters. The lowest BCUT2D eigenvalue weighted by Gasteiger charge is -2.18. The van der Waals surface area contributed by atoms with E-state index in [2.05, 4.69) is 10.6 Å². The van der Waals surface area contributed by atoms with Gasteiger partial charge >= 0.3 is 0 Å². The van der Waals surface area contributed by atoms with Crippen molar-refractivity contribution in [2.24, 2.45) is 0 Å². The predicted octanol–water partition coefficient (Wildman–Crippen LogP) is 2.35. The molecule has 0 saturated carbocycles. The number of carbonyl (C=O) groups excluding carboxylic acids is 2. The number of methoxy groups -OCH3 is 3. The Labute approximate surface area is 193 Å². The highest BCUT2D eigenvalue weighted by atomic mass is 16.5. The van der Waals surface area contributed by atoms with Crippen LogP contribution in [0.25, 0.3) is 0 Å². The van der Waals surface area contributed by atoms with E-state index in [1.807, 2.05) is 32.0 Å². The summed E-state index contributed by atoms with van der Waals surface area (Å²) in [5, 5.41) is 5.29. The van der Waals surface area contributed by atoms with Gasteiger partial charge in [0.05, 0.1) is 34.4 Å². The first kappa shape index (κ1) is 24.0. The molecule has 0 spiro atoms. The Kier molecular flexibility index (Phi) is 7.52. The molecule has 9 heteroatoms. The minimum atomic E-state index is -0.444. The Morgan fingerprint density at radius 2 is 1.70 bits per heavy atom. The number of nitrogens with one attached hydrogen (secondary N) is 2. The van der Waals surface area contributed by atoms with Crippen LogP contribution in [0, 0.1) is 0 Å². The molecular weight excluding hydrogens is 428 g/mol. The normalized spacial score (nSPS) is 13.4. The number of hydrogen-bond acceptors (Lipinski definition) is 7. The number of rotatable bonds is 10. The zero-order chi connectivity index (χ0) is 24.0. The zero-order valence-electron chi connectivity index (χ0n) is 19.6. The van der Waals surface area contributed by atoms with Crippen molar-refractivity contribution >= 4 is 11.8 Å². The summed E-state index contributed by atoms with van der Waals surface area (Å²) in [4.78, 5) is 24.6. The summed E-state index contributed by atoms with van der Waals surface area (Å²) in [6, 6.07) is 8.83. The van der Waals surface area contributed by atoms with Crippen molar-refractivity contribution < 1.29 is 33.3 Å². The van der Waals surface area contributed by atoms with E-state index < -0.39 is 5.91 Å². The van der Waals surface area contributed by atoms with Gasteiger partial charge in [0, 0.05) is 17.5 Å². The molecule has 0 bridgehead atoms. The number of hydrogen-bond donors (Lipinski definition) is 2. The van der Waals surface area contributed by atoms with Crippen molar-refractivity contribution in [3.05, 3.63) is 41.5 Å². The Hall–Kier alpha value is -3.62. The van der Waals surface area contributed by atoms with Gasteiger partial charge in [-0.05, 0) is 32.0 Å². The van der Waals surface area contributed by atoms with Crippen LogP contribution in [0.3, 0.4) is 0 Å². The Morgan fingerprint density at radius 3 is 2.33 bits per heavy atom. The lowest BCUT2D eigenvalue weighted by molar-refractivity contribution is -0.120. The van der Waals surface area contributed by atoms with Crippen LogP contribution in [0.2, 0.25) is 0 Å². The van der Waals surface area contributed by atoms with E-state index in [1.165, 1.54) is 33.5 Å². The van der Waals surface area contributed by atoms with E-state index in [-0.39, 0.29) is 36.8 Å². The van der Waals surface area contributed by atoms with Crippen LogP contribution in [0.15, 0.2) is 30.3 Å². The number of fused-ring (bicyclic) bond motifs is 1. The third-order valence-corrected chi connectivity index (χ3v) is 5.07. The fourth-order valence-corrected chi connectivity index (χ4v) is 3.59. The minimum Gasteiger partial charge on any atom is -0.493 e. The molecular formula is C24H30N2O7. The molecule has 178 valence electrons. The van der Waals surface area contributed by atoms with Gasteiger partial charge in [-0.1, -0.05) is 12.1 Å². The maximum Gasteiger partial charge on any atom is 0.251 e. The molecule has 1 aliphatic rings. The molecule has 0 saturated heterocycles. The summed E-state index contributed by atoms with van der Waals surface area (Å²) < 4.78 is 27.5. The van der Waals surface area contributed by atoms with Crippen LogP contribution in [0.4, 0.5) is 0 Å². The maximum absolute atomic E-state index is 12.5. The summed E-state index contributed by atoms with van der Waals surface area (Å²) in [7, 11) is 4.41. The molecule has 0 fully saturated rings. The molecule has 0 atom stereocenters. The number of benzene rings is 2. The van der Waals surface area contributed by atoms with E-state index in [0.717, 1.165) is 17.7 Å². The van der Waals surface area contributed by atoms with E-state index >= 15 is 0 Å². The molecule has 2 amide bonds. The molecule has 0 radical (unpaired) electrons. The highest BCUT2D eigenvalue weighted by molar-refractivity contribution is 5.97. The van der Waals surface area contributed by atoms with Crippen molar-refractivity contribution in [2.45, 2.75) is 25.9 Å². The van der Waals surface area contributed by atoms with Gasteiger partial charge < -0.3 is 34.3 Å². The fraction of sp³-hybridized carbons (Fsp3) is 0.417. The maximum atomic E-state index is 12.5. The monoisotopic (exact) mass is 458 g/mol. The van der Waals surface area contributed by atoms with Crippen molar-refractivity contribution in [1.82, 2.24) is 10.6 Å². The number of amides is 2. The van der Waals surface area contributed by atoms with E-state index in [4.69, 9.17) is 23.7 Å². The summed E-state index contributed by atoms with van der Waals surface area (Å²) in [6.07, 6.45) is 0.821. The van der Waals surface area contributed by atoms with Gasteiger partial charge in [-0.25, -0.2) is 0 Å². The molecule has 2 aromatic rings. The van der Waals surface area contributed by atoms with Crippen molar-refractivity contribution in [1.29, 1.82) is 0 Å². The topological polar surface area (TPSA) is 104 Å². The van der Waals surface area contributed by atoms with Crippen LogP contribution in [0.1, 0.15) is 29.8 Å². The predicted molar refractivity (Wildman–Crippen MR) is 122 cm³/mol. The van der Waals surface area contributed by atoms with Gasteiger partial charge in [-0.15, -0.1) is 0 Å². The molecule has 0 aromatic heterocycles. The summed E-state index contributed by atoms with van der Waals surface area (Å²) in [5.74, 6) is 1.71. The second-order valence-electron chi connectivity index (χ2n) is 8.08. The van der Waals surface area contributed by atoms with Gasteiger partial charge in [0.15, 0.2) is 23.0 Å². The second kappa shape index (κ2) is 10.3. The van der Waals surface area contributed by atoms with Gasteiger partial charge in [0.1, 0.15) is 12.2 Å². The van der Waals surface area contributed by atoms with E-state index in [9.17, 15) is 9.59 Å². The first-order valence-corrected chi connectivity index (χ1v) is 10.6. The first-order valence-electron chi connectivity index (χ1n) is 10.6. The zero-order valence-corrected chi connectivity index (χ0v) is 19.6. The quantitative estimate of drug-likeness (QED) is 0.527. The number of para-hydroxylation sites is 1. The second-order valence-corrected chi connectivity index (χ2v) is 8.08. The van der Waals surface area contributed by atoms with Gasteiger partial charge in [-0.3, -0.25) is 9.59 Å². The van der Waals surface area contributed by atoms with Crippen molar-refractivity contribution in [3.63, 3.8) is 0 Å². The molecule has 2 aromatic carbocycles. The van der Waals surface area contributed by atoms with Crippen LogP contribution < -0.4 is 34.3 Å². The van der Waals surface area contributed by atoms with Crippen LogP contribution in [-0.2, 0) is 11.2 Å². The van der Waals surface area contributed by atoms with E-state index in [1.54, 1.807) is 0 Å². The van der Waals surface area contributed by atoms with E-state index in [0.29, 0.717) is 23.0 Å². The minimum absolute atomic E-state index is 0.187. The molecule has 0 aliphatic carbocycles. The fourth-order valence-electron chi connectivity index (χ4n) is 3.59. The van der Waals surface area contributed by atoms with Crippen molar-refractivity contribution in [3.8, 4) is 28.7 Å². The molecule has 2 N–H and O–H groups in total. The average Bonchev–Trinajstić information content (AvgIpc) is 3.13. The van der Waals surface area contributed by atoms with Gasteiger partial charge in [-0.2, -0.15) is 0 Å². The lowest BCUT2D eigenvalue weighted by atomic mass is 10.0. The van der Waals surface area contributed by atoms with Crippen LogP contribution >= 0.6 is 0 Å². The largest absolute Gasteiger partial charge is 0.493 e. The number of ether oxygens (including phenoxy) is 5. The molecule has 33 heavy (non-hydrogen) atoms. The summed E-state index contributed by atoms with van der Waals surface area (Å²) >= 11 is 0. The third-order valence-electron chi connectivity index (χ3n) is 5.07. The van der Waals surface area contributed by atoms with Crippen molar-refractivity contribution in [2.75, 3.05) is 41.0 Å². The Bertz CT molecular complexity index is 995. The highest BCUT2D eigenvalue weighted by Crippen LogP contribution is 2.41. The number of carbonyl (C=O) groups is 2. The van der Waals surface area contributed by atoms with Crippen LogP contribution in [-0.4, -0.2) is 58.4 Å². The molecule has 9 nitrogen and oxygen atoms in total. The SMILES string of the molecule is COc1cc(C(=O)NCC(=O)NCCOc2cccc3c2OC(C)(C)C3)cc(OC)c1OC. The first-order chi connectivity index (χ1) is 15.8. The highest BCUT2D eigenvalue weighted by Gasteiger charge is 2.32. The molecule has 1 heterocycles. The summed E-state index contributed by atoms with van der Waals surface area (Å²) in [6.45, 7) is 4.43. The van der Waals surface area contributed by atoms with Gasteiger partial charge in [0.2, 0.25) is 11.7 Å². The van der Waals surface area contributed by atoms with Gasteiger partial charge in [0.25, 0.3) is 5.91 Å². The standard InChI is InChI=1S/C24H30N2O7/c1-24(2)13-15-7-6-8-17(21(15)33-24)32-10-9-25-20(27)14-26-23(28)16-11-18(29-3)22(31-5)19(12-16)30-4/h6-8,11-12H,9-10,13-14H2,1-5H3,(H,25,27)(H,26,28). The smallest absolute Gasteiger partial charge is 0.251 e. The lowest BCUT2D eigenvalue weighted by Crippen LogP contribution is -2.38. The third kappa shape index (κ3) is 5.79. The molecule has 3 rings (SSSR count). The van der Waals surface area contributed by atoms with Crippen LogP contribution in [0.5, 0.6) is 28.7 Å². The summed E-state index contributed by atoms with van der Waals surface area (Å²) in [5.41, 5.74) is 1.13. The average molecular weight is 459 g/mol. The molecule has 1 aliphatic heterocycles. The Morgan fingerprint density at radius 1 is 1.00 bits per heavy atom. The Balaban J connectivity index is 1.46.